The van der Waals surface area contributed by atoms with Crippen LogP contribution >= 0.6 is 27.3 Å². The number of carbonyl (C=O) groups excluding carboxylic acids is 2. The normalized spacial score (nSPS) is 34.3. The molecule has 136 valence electrons. The van der Waals surface area contributed by atoms with Crippen LogP contribution in [0.3, 0.4) is 0 Å². The van der Waals surface area contributed by atoms with Gasteiger partial charge in [0.2, 0.25) is 5.91 Å². The molecule has 1 aromatic carbocycles. The minimum absolute atomic E-state index is 0.0649. The van der Waals surface area contributed by atoms with E-state index in [0.717, 1.165) is 22.4 Å². The van der Waals surface area contributed by atoms with E-state index in [1.807, 2.05) is 25.1 Å². The highest BCUT2D eigenvalue weighted by Gasteiger charge is 2.67. The number of fused-ring (bicyclic) bond motifs is 2. The van der Waals surface area contributed by atoms with Gasteiger partial charge in [-0.2, -0.15) is 0 Å². The standard InChI is InChI=1S/C18H17BrN2O4S/c1-2-24-7-3-4-10-11(5-7)26-18(20-10)21-16(22)12-8-6-9-13(12)17(23)25-15(9)14(8)19/h3-5,8-9,12-15H,2,6H2,1H3,(H,20,21,22)/t8-,9+,12+,13-,14+,15-/m0/s1. The Kier molecular flexibility index (Phi) is 3.76. The lowest BCUT2D eigenvalue weighted by atomic mass is 9.79. The number of aromatic nitrogens is 1. The summed E-state index contributed by atoms with van der Waals surface area (Å²) in [5.74, 6) is 0.0802. The Hall–Kier alpha value is -1.67. The molecular weight excluding hydrogens is 420 g/mol. The number of alkyl halides is 1. The molecule has 0 spiro atoms. The first kappa shape index (κ1) is 16.5. The van der Waals surface area contributed by atoms with Crippen molar-refractivity contribution in [2.45, 2.75) is 24.3 Å². The van der Waals surface area contributed by atoms with E-state index >= 15 is 0 Å². The molecule has 1 amide bonds. The zero-order valence-electron chi connectivity index (χ0n) is 14.0. The maximum Gasteiger partial charge on any atom is 0.310 e. The molecule has 8 heteroatoms. The molecule has 2 aromatic rings. The number of benzene rings is 1. The lowest BCUT2D eigenvalue weighted by Gasteiger charge is -2.27. The van der Waals surface area contributed by atoms with E-state index in [1.165, 1.54) is 11.3 Å². The molecule has 0 unspecified atom stereocenters. The number of thiazole rings is 1. The Morgan fingerprint density at radius 2 is 2.31 bits per heavy atom. The zero-order chi connectivity index (χ0) is 18.0. The van der Waals surface area contributed by atoms with Crippen molar-refractivity contribution in [1.29, 1.82) is 0 Å². The van der Waals surface area contributed by atoms with Crippen molar-refractivity contribution in [2.75, 3.05) is 11.9 Å². The van der Waals surface area contributed by atoms with E-state index in [4.69, 9.17) is 9.47 Å². The minimum Gasteiger partial charge on any atom is -0.494 e. The number of amides is 1. The fourth-order valence-corrected chi connectivity index (χ4v) is 6.68. The summed E-state index contributed by atoms with van der Waals surface area (Å²) in [5.41, 5.74) is 0.820. The number of carbonyl (C=O) groups is 2. The Morgan fingerprint density at radius 1 is 1.46 bits per heavy atom. The third-order valence-electron chi connectivity index (χ3n) is 5.73. The van der Waals surface area contributed by atoms with Gasteiger partial charge in [-0.15, -0.1) is 0 Å². The van der Waals surface area contributed by atoms with Gasteiger partial charge in [0.25, 0.3) is 0 Å². The third-order valence-corrected chi connectivity index (χ3v) is 7.86. The summed E-state index contributed by atoms with van der Waals surface area (Å²) < 4.78 is 11.9. The molecule has 1 N–H and O–H groups in total. The Bertz CT molecular complexity index is 916. The second-order valence-corrected chi connectivity index (χ2v) is 9.12. The lowest BCUT2D eigenvalue weighted by molar-refractivity contribution is -0.145. The van der Waals surface area contributed by atoms with Gasteiger partial charge in [0.05, 0.1) is 33.5 Å². The number of rotatable bonds is 4. The quantitative estimate of drug-likeness (QED) is 0.587. The average molecular weight is 437 g/mol. The van der Waals surface area contributed by atoms with E-state index in [0.29, 0.717) is 11.7 Å². The van der Waals surface area contributed by atoms with Crippen molar-refractivity contribution < 1.29 is 19.1 Å². The number of nitrogens with one attached hydrogen (secondary N) is 1. The van der Waals surface area contributed by atoms with Crippen molar-refractivity contribution in [3.8, 4) is 5.75 Å². The summed E-state index contributed by atoms with van der Waals surface area (Å²) in [6, 6.07) is 5.69. The molecule has 3 fully saturated rings. The van der Waals surface area contributed by atoms with Crippen LogP contribution in [0.15, 0.2) is 18.2 Å². The number of esters is 1. The third kappa shape index (κ3) is 2.31. The van der Waals surface area contributed by atoms with Gasteiger partial charge in [0.1, 0.15) is 11.9 Å². The van der Waals surface area contributed by atoms with Gasteiger partial charge < -0.3 is 14.8 Å². The van der Waals surface area contributed by atoms with Crippen LogP contribution in [0.4, 0.5) is 5.13 Å². The molecule has 26 heavy (non-hydrogen) atoms. The number of ether oxygens (including phenoxy) is 2. The number of hydrogen-bond donors (Lipinski definition) is 1. The molecular formula is C18H17BrN2O4S. The second-order valence-electron chi connectivity index (χ2n) is 7.03. The topological polar surface area (TPSA) is 77.5 Å². The summed E-state index contributed by atoms with van der Waals surface area (Å²) in [7, 11) is 0. The lowest BCUT2D eigenvalue weighted by Crippen LogP contribution is -2.40. The summed E-state index contributed by atoms with van der Waals surface area (Å²) in [6.45, 7) is 2.54. The van der Waals surface area contributed by atoms with E-state index in [2.05, 4.69) is 26.2 Å². The van der Waals surface area contributed by atoms with Crippen molar-refractivity contribution in [1.82, 2.24) is 4.98 Å². The maximum absolute atomic E-state index is 12.9. The predicted molar refractivity (Wildman–Crippen MR) is 101 cm³/mol. The first-order valence-electron chi connectivity index (χ1n) is 8.75. The average Bonchev–Trinajstić information content (AvgIpc) is 3.31. The fraction of sp³-hybridized carbons (Fsp3) is 0.500. The second kappa shape index (κ2) is 5.92. The van der Waals surface area contributed by atoms with Gasteiger partial charge in [-0.3, -0.25) is 9.59 Å². The molecule has 2 aliphatic carbocycles. The molecule has 6 nitrogen and oxygen atoms in total. The van der Waals surface area contributed by atoms with E-state index < -0.39 is 0 Å². The monoisotopic (exact) mass is 436 g/mol. The van der Waals surface area contributed by atoms with Gasteiger partial charge in [0.15, 0.2) is 5.13 Å². The molecule has 2 heterocycles. The van der Waals surface area contributed by atoms with E-state index in [9.17, 15) is 9.59 Å². The number of nitrogens with zero attached hydrogens (tertiary/aromatic N) is 1. The summed E-state index contributed by atoms with van der Waals surface area (Å²) in [5, 5.41) is 3.48. The fourth-order valence-electron chi connectivity index (χ4n) is 4.73. The molecule has 0 radical (unpaired) electrons. The molecule has 2 bridgehead atoms. The van der Waals surface area contributed by atoms with Crippen LogP contribution in [0, 0.1) is 23.7 Å². The van der Waals surface area contributed by atoms with Crippen LogP contribution in [0.2, 0.25) is 0 Å². The predicted octanol–water partition coefficient (Wildman–Crippen LogP) is 3.20. The van der Waals surface area contributed by atoms with Crippen LogP contribution < -0.4 is 10.1 Å². The smallest absolute Gasteiger partial charge is 0.310 e. The Balaban J connectivity index is 1.39. The minimum atomic E-state index is -0.346. The molecule has 5 rings (SSSR count). The SMILES string of the molecule is CCOc1ccc2nc(NC(=O)[C@@H]3[C@@H]4C[C@H]5[C@H](OC(=O)[C@@H]53)[C@@H]4Br)sc2c1. The van der Waals surface area contributed by atoms with Crippen molar-refractivity contribution in [3.05, 3.63) is 18.2 Å². The maximum atomic E-state index is 12.9. The van der Waals surface area contributed by atoms with Gasteiger partial charge in [-0.25, -0.2) is 4.98 Å². The summed E-state index contributed by atoms with van der Waals surface area (Å²) in [4.78, 5) is 29.7. The Labute approximate surface area is 162 Å². The van der Waals surface area contributed by atoms with Crippen LogP contribution in [-0.4, -0.2) is 34.4 Å². The first-order chi connectivity index (χ1) is 12.6. The van der Waals surface area contributed by atoms with Crippen LogP contribution in [0.5, 0.6) is 5.75 Å². The van der Waals surface area contributed by atoms with Crippen LogP contribution in [0.25, 0.3) is 10.2 Å². The Morgan fingerprint density at radius 3 is 3.12 bits per heavy atom. The molecule has 1 aliphatic heterocycles. The van der Waals surface area contributed by atoms with Crippen molar-refractivity contribution in [2.24, 2.45) is 23.7 Å². The highest BCUT2D eigenvalue weighted by Crippen LogP contribution is 2.60. The molecule has 1 aromatic heterocycles. The van der Waals surface area contributed by atoms with Crippen LogP contribution in [-0.2, 0) is 14.3 Å². The van der Waals surface area contributed by atoms with Gasteiger partial charge >= 0.3 is 5.97 Å². The summed E-state index contributed by atoms with van der Waals surface area (Å²) in [6.07, 6.45) is 0.799. The number of anilines is 1. The van der Waals surface area contributed by atoms with Crippen molar-refractivity contribution in [3.63, 3.8) is 0 Å². The van der Waals surface area contributed by atoms with Crippen molar-refractivity contribution >= 4 is 54.5 Å². The largest absolute Gasteiger partial charge is 0.494 e. The first-order valence-corrected chi connectivity index (χ1v) is 10.5. The zero-order valence-corrected chi connectivity index (χ0v) is 16.4. The highest BCUT2D eigenvalue weighted by molar-refractivity contribution is 9.09. The number of hydrogen-bond acceptors (Lipinski definition) is 6. The number of halogens is 1. The molecule has 3 aliphatic rings. The van der Waals surface area contributed by atoms with Gasteiger partial charge in [-0.05, 0) is 37.5 Å². The van der Waals surface area contributed by atoms with Gasteiger partial charge in [-0.1, -0.05) is 27.3 Å². The molecule has 6 atom stereocenters. The van der Waals surface area contributed by atoms with Crippen LogP contribution in [0.1, 0.15) is 13.3 Å². The summed E-state index contributed by atoms with van der Waals surface area (Å²) >= 11 is 5.05. The molecule has 2 saturated carbocycles. The van der Waals surface area contributed by atoms with E-state index in [-0.39, 0.29) is 46.5 Å². The van der Waals surface area contributed by atoms with Gasteiger partial charge in [0, 0.05) is 5.92 Å². The molecule has 1 saturated heterocycles. The highest BCUT2D eigenvalue weighted by atomic mass is 79.9. The van der Waals surface area contributed by atoms with E-state index in [1.54, 1.807) is 0 Å².